The van der Waals surface area contributed by atoms with Gasteiger partial charge in [0.15, 0.2) is 12.6 Å². The van der Waals surface area contributed by atoms with E-state index in [9.17, 15) is 83.4 Å². The van der Waals surface area contributed by atoms with Crippen LogP contribution < -0.4 is 10.6 Å². The topological polar surface area (TPSA) is 359 Å². The van der Waals surface area contributed by atoms with E-state index in [0.717, 1.165) is 13.3 Å². The lowest BCUT2D eigenvalue weighted by molar-refractivity contribution is -0.381. The smallest absolute Gasteiger partial charge is 0.471 e. The fourth-order valence-electron chi connectivity index (χ4n) is 7.07. The molecule has 26 heteroatoms. The van der Waals surface area contributed by atoms with Crippen molar-refractivity contribution in [3.05, 3.63) is 0 Å². The number of carboxylic acid groups (broad SMARTS) is 1. The van der Waals surface area contributed by atoms with Crippen LogP contribution in [0, 0.1) is 0 Å². The maximum Gasteiger partial charge on any atom is 0.471 e. The highest BCUT2D eigenvalue weighted by molar-refractivity contribution is 5.82. The molecule has 3 aliphatic heterocycles. The molecule has 2 amide bonds. The first-order valence-corrected chi connectivity index (χ1v) is 19.5. The molecular formula is C35H57F3N2O21. The monoisotopic (exact) mass is 898 g/mol. The molecule has 0 saturated carbocycles. The van der Waals surface area contributed by atoms with E-state index in [2.05, 4.69) is 10.1 Å². The van der Waals surface area contributed by atoms with Crippen LogP contribution in [0.3, 0.4) is 0 Å². The van der Waals surface area contributed by atoms with E-state index in [1.165, 1.54) is 7.11 Å². The number of aliphatic carboxylic acids is 1. The Balaban J connectivity index is 1.91. The quantitative estimate of drug-likeness (QED) is 0.0359. The molecule has 0 bridgehead atoms. The Morgan fingerprint density at radius 3 is 1.93 bits per heavy atom. The van der Waals surface area contributed by atoms with Gasteiger partial charge >= 0.3 is 24.0 Å². The van der Waals surface area contributed by atoms with Crippen molar-refractivity contribution in [2.24, 2.45) is 0 Å². The summed E-state index contributed by atoms with van der Waals surface area (Å²) >= 11 is 0. The predicted octanol–water partition coefficient (Wildman–Crippen LogP) is -4.61. The maximum atomic E-state index is 13.6. The van der Waals surface area contributed by atoms with Crippen molar-refractivity contribution in [2.75, 3.05) is 33.5 Å². The number of rotatable bonds is 22. The number of halogens is 3. The number of hydrogen-bond donors (Lipinski definition) is 12. The lowest BCUT2D eigenvalue weighted by atomic mass is 9.88. The number of carbonyl (C=O) groups excluding carboxylic acids is 3. The number of esters is 1. The number of carboxylic acids is 1. The first kappa shape index (κ1) is 52.4. The minimum Gasteiger partial charge on any atom is -0.477 e. The number of aliphatic hydroxyl groups excluding tert-OH is 9. The second-order valence-electron chi connectivity index (χ2n) is 14.8. The van der Waals surface area contributed by atoms with Gasteiger partial charge in [0.05, 0.1) is 39.1 Å². The summed E-state index contributed by atoms with van der Waals surface area (Å²) < 4.78 is 78.9. The standard InChI is InChI=1S/C35H57F3N2O21/c1-15(44)39-21-16(45)11-34(33(53)54,60-28(21)23(48)17(46)12-41)61-29-25(50)19(14-43)58-31(26(29)51)59-27-22(40-32(52)35(36,37)38)30(57-18(13-42)24(27)49)56-10-8-6-4-3-5-7-9-20(47)55-2/h16-19,21-31,41-43,45-46,48-51H,3-14H2,1-2H3,(H,39,44)(H,40,52)(H,53,54)/t16?,17?,18?,19?,21-,22?,23?,24-,25+,26?,27?,28?,29?,30-,31?,34+/m1/s1. The molecule has 3 aliphatic rings. The van der Waals surface area contributed by atoms with Crippen molar-refractivity contribution in [3.8, 4) is 0 Å². The number of methoxy groups -OCH3 is 1. The Morgan fingerprint density at radius 1 is 0.820 bits per heavy atom. The first-order valence-electron chi connectivity index (χ1n) is 19.5. The summed E-state index contributed by atoms with van der Waals surface area (Å²) in [6.45, 7) is -2.45. The van der Waals surface area contributed by atoms with Gasteiger partial charge in [-0.1, -0.05) is 25.7 Å². The van der Waals surface area contributed by atoms with E-state index in [-0.39, 0.29) is 19.0 Å². The van der Waals surface area contributed by atoms with Crippen LogP contribution in [0.25, 0.3) is 0 Å². The van der Waals surface area contributed by atoms with Gasteiger partial charge in [0.25, 0.3) is 5.79 Å². The highest BCUT2D eigenvalue weighted by Gasteiger charge is 2.60. The third kappa shape index (κ3) is 13.8. The molecule has 0 aromatic rings. The molecule has 354 valence electrons. The van der Waals surface area contributed by atoms with Crippen molar-refractivity contribution < 1.29 is 117 Å². The van der Waals surface area contributed by atoms with Crippen LogP contribution in [0.1, 0.15) is 58.3 Å². The van der Waals surface area contributed by atoms with Gasteiger partial charge in [0, 0.05) is 26.4 Å². The van der Waals surface area contributed by atoms with E-state index in [1.54, 1.807) is 5.32 Å². The summed E-state index contributed by atoms with van der Waals surface area (Å²) in [6.07, 6.45) is -30.1. The molecule has 3 heterocycles. The maximum absolute atomic E-state index is 13.6. The fraction of sp³-hybridized carbons (Fsp3) is 0.886. The number of amides is 2. The molecule has 23 nitrogen and oxygen atoms in total. The number of aliphatic hydroxyl groups is 9. The molecule has 16 atom stereocenters. The Bertz CT molecular complexity index is 1420. The van der Waals surface area contributed by atoms with Gasteiger partial charge in [-0.25, -0.2) is 4.79 Å². The summed E-state index contributed by atoms with van der Waals surface area (Å²) in [5.74, 6) is -8.99. The van der Waals surface area contributed by atoms with E-state index in [4.69, 9.17) is 28.4 Å². The van der Waals surface area contributed by atoms with Crippen molar-refractivity contribution in [2.45, 2.75) is 162 Å². The molecule has 0 aromatic heterocycles. The van der Waals surface area contributed by atoms with Crippen LogP contribution in [-0.2, 0) is 52.3 Å². The number of carbonyl (C=O) groups is 4. The zero-order chi connectivity index (χ0) is 45.8. The number of nitrogens with one attached hydrogen (secondary N) is 2. The molecule has 3 saturated heterocycles. The highest BCUT2D eigenvalue weighted by atomic mass is 19.4. The summed E-state index contributed by atoms with van der Waals surface area (Å²) in [7, 11) is 1.27. The van der Waals surface area contributed by atoms with E-state index < -0.39 is 148 Å². The molecule has 0 radical (unpaired) electrons. The second-order valence-corrected chi connectivity index (χ2v) is 14.8. The fourth-order valence-corrected chi connectivity index (χ4v) is 7.07. The molecular weight excluding hydrogens is 841 g/mol. The van der Waals surface area contributed by atoms with Crippen LogP contribution in [0.4, 0.5) is 13.2 Å². The molecule has 0 spiro atoms. The van der Waals surface area contributed by atoms with E-state index in [1.807, 2.05) is 0 Å². The van der Waals surface area contributed by atoms with E-state index in [0.29, 0.717) is 32.1 Å². The third-order valence-electron chi connectivity index (χ3n) is 10.3. The Hall–Kier alpha value is -2.93. The van der Waals surface area contributed by atoms with Crippen molar-refractivity contribution >= 4 is 23.8 Å². The number of unbranched alkanes of at least 4 members (excludes halogenated alkanes) is 5. The number of hydrogen-bond acceptors (Lipinski definition) is 20. The Morgan fingerprint density at radius 2 is 1.39 bits per heavy atom. The van der Waals surface area contributed by atoms with Gasteiger partial charge in [-0.3, -0.25) is 14.4 Å². The average Bonchev–Trinajstić information content (AvgIpc) is 3.20. The summed E-state index contributed by atoms with van der Waals surface area (Å²) in [5, 5.41) is 109. The van der Waals surface area contributed by atoms with Crippen molar-refractivity contribution in [1.82, 2.24) is 10.6 Å². The SMILES string of the molecule is COC(=O)CCCCCCCCO[C@@H]1OC(CO)[C@@H](O)C(OC2OC(CO)[C@H](O)C(O[C@]3(C(=O)O)CC(O)[C@@H](NC(C)=O)C(C(O)C(O)CO)O3)C2O)C1NC(=O)C(F)(F)F. The first-order chi connectivity index (χ1) is 28.7. The second kappa shape index (κ2) is 23.7. The Kier molecular flexibility index (Phi) is 20.3. The number of ether oxygens (including phenoxy) is 7. The molecule has 0 aliphatic carbocycles. The van der Waals surface area contributed by atoms with Crippen molar-refractivity contribution in [1.29, 1.82) is 0 Å². The average molecular weight is 899 g/mol. The van der Waals surface area contributed by atoms with Crippen LogP contribution in [-0.4, -0.2) is 212 Å². The van der Waals surface area contributed by atoms with Crippen LogP contribution in [0.2, 0.25) is 0 Å². The van der Waals surface area contributed by atoms with Crippen LogP contribution >= 0.6 is 0 Å². The summed E-state index contributed by atoms with van der Waals surface area (Å²) in [6, 6.07) is -3.73. The molecule has 3 fully saturated rings. The lowest BCUT2D eigenvalue weighted by Crippen LogP contribution is -2.71. The molecule has 0 aromatic carbocycles. The minimum absolute atomic E-state index is 0.194. The van der Waals surface area contributed by atoms with Gasteiger partial charge in [-0.15, -0.1) is 0 Å². The van der Waals surface area contributed by atoms with Gasteiger partial charge in [0.2, 0.25) is 5.91 Å². The van der Waals surface area contributed by atoms with Crippen LogP contribution in [0.5, 0.6) is 0 Å². The predicted molar refractivity (Wildman–Crippen MR) is 190 cm³/mol. The summed E-state index contributed by atoms with van der Waals surface area (Å²) in [4.78, 5) is 48.3. The van der Waals surface area contributed by atoms with Gasteiger partial charge in [-0.2, -0.15) is 13.2 Å². The van der Waals surface area contributed by atoms with Gasteiger partial charge in [0.1, 0.15) is 67.1 Å². The van der Waals surface area contributed by atoms with Crippen molar-refractivity contribution in [3.63, 3.8) is 0 Å². The minimum atomic E-state index is -5.51. The zero-order valence-corrected chi connectivity index (χ0v) is 33.2. The van der Waals surface area contributed by atoms with Crippen LogP contribution in [0.15, 0.2) is 0 Å². The lowest BCUT2D eigenvalue weighted by Gasteiger charge is -2.51. The van der Waals surface area contributed by atoms with Gasteiger partial charge in [-0.05, 0) is 12.8 Å². The molecule has 12 N–H and O–H groups in total. The Labute approximate surface area is 346 Å². The number of alkyl halides is 3. The van der Waals surface area contributed by atoms with E-state index >= 15 is 0 Å². The molecule has 61 heavy (non-hydrogen) atoms. The molecule has 11 unspecified atom stereocenters. The normalized spacial score (nSPS) is 35.5. The highest BCUT2D eigenvalue weighted by Crippen LogP contribution is 2.38. The summed E-state index contributed by atoms with van der Waals surface area (Å²) in [5.41, 5.74) is 0. The molecule has 3 rings (SSSR count). The zero-order valence-electron chi connectivity index (χ0n) is 33.2. The largest absolute Gasteiger partial charge is 0.477 e. The van der Waals surface area contributed by atoms with Gasteiger partial charge < -0.3 is 94.9 Å². The third-order valence-corrected chi connectivity index (χ3v) is 10.3.